The summed E-state index contributed by atoms with van der Waals surface area (Å²) in [6, 6.07) is 7.47. The van der Waals surface area contributed by atoms with E-state index in [4.69, 9.17) is 5.73 Å². The summed E-state index contributed by atoms with van der Waals surface area (Å²) < 4.78 is 0. The Balaban J connectivity index is 2.18. The van der Waals surface area contributed by atoms with Crippen LogP contribution < -0.4 is 11.1 Å². The number of nitrogens with one attached hydrogen (secondary N) is 2. The number of hydrogen-bond acceptors (Lipinski definition) is 3. The molecule has 0 saturated carbocycles. The Morgan fingerprint density at radius 1 is 1.29 bits per heavy atom. The fourth-order valence-electron chi connectivity index (χ4n) is 2.70. The van der Waals surface area contributed by atoms with E-state index in [0.717, 1.165) is 22.1 Å². The van der Waals surface area contributed by atoms with Crippen molar-refractivity contribution >= 4 is 28.4 Å². The van der Waals surface area contributed by atoms with Crippen molar-refractivity contribution in [2.24, 2.45) is 5.73 Å². The van der Waals surface area contributed by atoms with E-state index in [1.165, 1.54) is 6.08 Å². The second-order valence-electron chi connectivity index (χ2n) is 5.32. The molecular formula is C18H16N4O2. The van der Waals surface area contributed by atoms with Gasteiger partial charge in [-0.3, -0.25) is 9.59 Å². The van der Waals surface area contributed by atoms with Gasteiger partial charge >= 0.3 is 0 Å². The zero-order chi connectivity index (χ0) is 17.3. The van der Waals surface area contributed by atoms with Crippen LogP contribution in [0.2, 0.25) is 0 Å². The lowest BCUT2D eigenvalue weighted by Gasteiger charge is -2.13. The minimum atomic E-state index is -0.585. The van der Waals surface area contributed by atoms with Gasteiger partial charge in [-0.15, -0.1) is 0 Å². The molecule has 6 nitrogen and oxygen atoms in total. The highest BCUT2D eigenvalue weighted by Crippen LogP contribution is 2.33. The quantitative estimate of drug-likeness (QED) is 0.644. The number of pyridine rings is 1. The van der Waals surface area contributed by atoms with Gasteiger partial charge in [-0.25, -0.2) is 4.98 Å². The third kappa shape index (κ3) is 2.54. The van der Waals surface area contributed by atoms with Gasteiger partial charge in [0.1, 0.15) is 0 Å². The number of nitrogens with zero attached hydrogens (tertiary/aromatic N) is 1. The molecule has 0 atom stereocenters. The molecule has 2 aromatic heterocycles. The Morgan fingerprint density at radius 3 is 2.79 bits per heavy atom. The van der Waals surface area contributed by atoms with Gasteiger partial charge in [0.25, 0.3) is 5.91 Å². The fourth-order valence-corrected chi connectivity index (χ4v) is 2.70. The average Bonchev–Trinajstić information content (AvgIpc) is 3.05. The van der Waals surface area contributed by atoms with E-state index < -0.39 is 5.91 Å². The van der Waals surface area contributed by atoms with Crippen molar-refractivity contribution in [3.05, 3.63) is 60.6 Å². The summed E-state index contributed by atoms with van der Waals surface area (Å²) in [5, 5.41) is 3.62. The van der Waals surface area contributed by atoms with Crippen molar-refractivity contribution in [2.75, 3.05) is 5.32 Å². The number of hydrogen-bond donors (Lipinski definition) is 3. The van der Waals surface area contributed by atoms with E-state index in [1.54, 1.807) is 12.4 Å². The average molecular weight is 320 g/mol. The number of primary amides is 1. The van der Waals surface area contributed by atoms with E-state index in [9.17, 15) is 9.59 Å². The minimum Gasteiger partial charge on any atom is -0.364 e. The fraction of sp³-hybridized carbons (Fsp3) is 0.0556. The van der Waals surface area contributed by atoms with Crippen molar-refractivity contribution in [3.8, 4) is 11.1 Å². The summed E-state index contributed by atoms with van der Waals surface area (Å²) in [6.45, 7) is 5.37. The first-order valence-electron chi connectivity index (χ1n) is 7.32. The van der Waals surface area contributed by atoms with E-state index >= 15 is 0 Å². The standard InChI is InChI=1S/C18H16N4O2/c1-3-15(23)22-14-6-4-5-11(10(14)2)13-9-21-17(18(19)24)16-12(13)7-8-20-16/h3-9,20H,1H2,2H3,(H2,19,24)(H,22,23). The number of fused-ring (bicyclic) bond motifs is 1. The molecule has 3 aromatic rings. The van der Waals surface area contributed by atoms with Crippen LogP contribution >= 0.6 is 0 Å². The first kappa shape index (κ1) is 15.5. The van der Waals surface area contributed by atoms with Crippen LogP contribution in [0.25, 0.3) is 22.0 Å². The lowest BCUT2D eigenvalue weighted by Crippen LogP contribution is -2.13. The second-order valence-corrected chi connectivity index (χ2v) is 5.32. The SMILES string of the molecule is C=CC(=O)Nc1cccc(-c2cnc(C(N)=O)c3[nH]ccc23)c1C. The maximum atomic E-state index is 11.6. The van der Waals surface area contributed by atoms with Crippen LogP contribution in [0, 0.1) is 6.92 Å². The number of aromatic nitrogens is 2. The molecule has 4 N–H and O–H groups in total. The molecule has 6 heteroatoms. The lowest BCUT2D eigenvalue weighted by atomic mass is 9.97. The predicted molar refractivity (Wildman–Crippen MR) is 93.6 cm³/mol. The van der Waals surface area contributed by atoms with Crippen molar-refractivity contribution in [1.82, 2.24) is 9.97 Å². The molecule has 0 aliphatic heterocycles. The number of benzene rings is 1. The van der Waals surface area contributed by atoms with E-state index in [2.05, 4.69) is 21.9 Å². The highest BCUT2D eigenvalue weighted by Gasteiger charge is 2.16. The maximum Gasteiger partial charge on any atom is 0.269 e. The zero-order valence-electron chi connectivity index (χ0n) is 13.1. The number of anilines is 1. The first-order chi connectivity index (χ1) is 11.5. The van der Waals surface area contributed by atoms with Crippen LogP contribution in [0.15, 0.2) is 49.3 Å². The van der Waals surface area contributed by atoms with Crippen LogP contribution in [0.3, 0.4) is 0 Å². The van der Waals surface area contributed by atoms with Gasteiger partial charge in [0.05, 0.1) is 5.52 Å². The number of H-pyrrole nitrogens is 1. The Hall–Kier alpha value is -3.41. The largest absolute Gasteiger partial charge is 0.364 e. The normalized spacial score (nSPS) is 10.5. The molecule has 1 aromatic carbocycles. The Kier molecular flexibility index (Phi) is 3.87. The minimum absolute atomic E-state index is 0.201. The summed E-state index contributed by atoms with van der Waals surface area (Å²) in [5.41, 5.74) is 9.52. The number of rotatable bonds is 4. The van der Waals surface area contributed by atoms with Crippen LogP contribution in [0.1, 0.15) is 16.1 Å². The highest BCUT2D eigenvalue weighted by atomic mass is 16.1. The molecule has 0 spiro atoms. The number of nitrogens with two attached hydrogens (primary N) is 1. The van der Waals surface area contributed by atoms with Crippen LogP contribution in [-0.2, 0) is 4.79 Å². The van der Waals surface area contributed by atoms with Crippen LogP contribution in [0.5, 0.6) is 0 Å². The first-order valence-corrected chi connectivity index (χ1v) is 7.32. The predicted octanol–water partition coefficient (Wildman–Crippen LogP) is 2.76. The number of carbonyl (C=O) groups excluding carboxylic acids is 2. The van der Waals surface area contributed by atoms with Crippen LogP contribution in [0.4, 0.5) is 5.69 Å². The van der Waals surface area contributed by atoms with Gasteiger partial charge in [0.2, 0.25) is 5.91 Å². The number of aromatic amines is 1. The van der Waals surface area contributed by atoms with Crippen molar-refractivity contribution < 1.29 is 9.59 Å². The maximum absolute atomic E-state index is 11.6. The second kappa shape index (κ2) is 6.00. The summed E-state index contributed by atoms with van der Waals surface area (Å²) in [5.74, 6) is -0.859. The Morgan fingerprint density at radius 2 is 2.08 bits per heavy atom. The molecule has 0 bridgehead atoms. The molecule has 0 saturated heterocycles. The highest BCUT2D eigenvalue weighted by molar-refractivity contribution is 6.08. The third-order valence-electron chi connectivity index (χ3n) is 3.90. The Bertz CT molecular complexity index is 972. The number of amides is 2. The molecule has 120 valence electrons. The van der Waals surface area contributed by atoms with E-state index in [1.807, 2.05) is 31.2 Å². The number of carbonyl (C=O) groups is 2. The molecule has 0 aliphatic rings. The molecule has 0 fully saturated rings. The van der Waals surface area contributed by atoms with E-state index in [0.29, 0.717) is 11.2 Å². The molecule has 0 unspecified atom stereocenters. The molecule has 0 radical (unpaired) electrons. The molecule has 24 heavy (non-hydrogen) atoms. The smallest absolute Gasteiger partial charge is 0.269 e. The topological polar surface area (TPSA) is 101 Å². The van der Waals surface area contributed by atoms with Gasteiger partial charge in [-0.1, -0.05) is 18.7 Å². The van der Waals surface area contributed by atoms with Crippen molar-refractivity contribution in [2.45, 2.75) is 6.92 Å². The molecule has 2 amide bonds. The summed E-state index contributed by atoms with van der Waals surface area (Å²) in [7, 11) is 0. The molecule has 2 heterocycles. The molecular weight excluding hydrogens is 304 g/mol. The summed E-state index contributed by atoms with van der Waals surface area (Å²) in [4.78, 5) is 30.3. The van der Waals surface area contributed by atoms with E-state index in [-0.39, 0.29) is 11.6 Å². The summed E-state index contributed by atoms with van der Waals surface area (Å²) in [6.07, 6.45) is 4.58. The molecule has 0 aliphatic carbocycles. The monoisotopic (exact) mass is 320 g/mol. The van der Waals surface area contributed by atoms with Gasteiger partial charge in [-0.05, 0) is 36.3 Å². The zero-order valence-corrected chi connectivity index (χ0v) is 13.1. The van der Waals surface area contributed by atoms with Crippen molar-refractivity contribution in [3.63, 3.8) is 0 Å². The summed E-state index contributed by atoms with van der Waals surface area (Å²) >= 11 is 0. The van der Waals surface area contributed by atoms with Gasteiger partial charge < -0.3 is 16.0 Å². The van der Waals surface area contributed by atoms with Gasteiger partial charge in [-0.2, -0.15) is 0 Å². The van der Waals surface area contributed by atoms with Gasteiger partial charge in [0.15, 0.2) is 5.69 Å². The lowest BCUT2D eigenvalue weighted by molar-refractivity contribution is -0.111. The van der Waals surface area contributed by atoms with Crippen molar-refractivity contribution in [1.29, 1.82) is 0 Å². The van der Waals surface area contributed by atoms with Crippen LogP contribution in [-0.4, -0.2) is 21.8 Å². The molecule has 3 rings (SSSR count). The van der Waals surface area contributed by atoms with Gasteiger partial charge in [0, 0.05) is 29.0 Å². The third-order valence-corrected chi connectivity index (χ3v) is 3.90. The Labute approximate surface area is 138 Å².